The Morgan fingerprint density at radius 2 is 2.35 bits per heavy atom. The fraction of sp³-hybridized carbons (Fsp3) is 0.417. The van der Waals surface area contributed by atoms with E-state index in [9.17, 15) is 4.79 Å². The number of carboxylic acids is 1. The average Bonchev–Trinajstić information content (AvgIpc) is 3.09. The van der Waals surface area contributed by atoms with Gasteiger partial charge in [-0.15, -0.1) is 0 Å². The van der Waals surface area contributed by atoms with Gasteiger partial charge in [0.25, 0.3) is 0 Å². The predicted octanol–water partition coefficient (Wildman–Crippen LogP) is 1.54. The summed E-state index contributed by atoms with van der Waals surface area (Å²) in [6.45, 7) is 1.80. The summed E-state index contributed by atoms with van der Waals surface area (Å²) in [4.78, 5) is 15.3. The molecule has 1 unspecified atom stereocenters. The molecule has 2 rings (SSSR count). The van der Waals surface area contributed by atoms with Gasteiger partial charge in [0.1, 0.15) is 17.9 Å². The monoisotopic (exact) mass is 231 g/mol. The average molecular weight is 231 g/mol. The predicted molar refractivity (Wildman–Crippen MR) is 61.5 cm³/mol. The van der Waals surface area contributed by atoms with Crippen molar-refractivity contribution in [3.8, 4) is 6.07 Å². The molecule has 1 aromatic rings. The molecular weight excluding hydrogens is 218 g/mol. The van der Waals surface area contributed by atoms with Crippen LogP contribution >= 0.6 is 0 Å². The van der Waals surface area contributed by atoms with E-state index in [1.807, 2.05) is 6.07 Å². The second kappa shape index (κ2) is 4.42. The van der Waals surface area contributed by atoms with Crippen molar-refractivity contribution in [1.29, 1.82) is 5.26 Å². The van der Waals surface area contributed by atoms with Crippen molar-refractivity contribution in [1.82, 2.24) is 4.98 Å². The summed E-state index contributed by atoms with van der Waals surface area (Å²) in [7, 11) is 0. The third-order valence-electron chi connectivity index (χ3n) is 2.81. The van der Waals surface area contributed by atoms with E-state index in [0.29, 0.717) is 11.4 Å². The van der Waals surface area contributed by atoms with Crippen LogP contribution in [0.2, 0.25) is 0 Å². The van der Waals surface area contributed by atoms with Crippen LogP contribution in [0.4, 0.5) is 5.82 Å². The molecule has 0 bridgehead atoms. The lowest BCUT2D eigenvalue weighted by molar-refractivity contribution is -0.138. The van der Waals surface area contributed by atoms with Crippen LogP contribution in [0.15, 0.2) is 12.1 Å². The molecule has 1 aliphatic carbocycles. The molecule has 1 aliphatic rings. The Labute approximate surface area is 99.1 Å². The van der Waals surface area contributed by atoms with Crippen LogP contribution < -0.4 is 5.32 Å². The molecule has 0 aliphatic heterocycles. The second-order valence-electron chi connectivity index (χ2n) is 4.26. The number of pyridine rings is 1. The summed E-state index contributed by atoms with van der Waals surface area (Å²) >= 11 is 0. The van der Waals surface area contributed by atoms with Gasteiger partial charge in [0.15, 0.2) is 0 Å². The van der Waals surface area contributed by atoms with Crippen molar-refractivity contribution in [3.05, 3.63) is 23.4 Å². The third-order valence-corrected chi connectivity index (χ3v) is 2.81. The molecule has 1 heterocycles. The number of nitrogens with zero attached hydrogens (tertiary/aromatic N) is 2. The summed E-state index contributed by atoms with van der Waals surface area (Å²) in [5.41, 5.74) is 1.13. The van der Waals surface area contributed by atoms with E-state index >= 15 is 0 Å². The van der Waals surface area contributed by atoms with Crippen molar-refractivity contribution in [2.24, 2.45) is 5.92 Å². The maximum Gasteiger partial charge on any atom is 0.326 e. The van der Waals surface area contributed by atoms with Crippen molar-refractivity contribution >= 4 is 11.8 Å². The fourth-order valence-electron chi connectivity index (χ4n) is 1.72. The number of carbonyl (C=O) groups is 1. The SMILES string of the molecule is Cc1ccc(C#N)c(NC(C(=O)O)C2CC2)n1. The first-order valence-electron chi connectivity index (χ1n) is 5.49. The van der Waals surface area contributed by atoms with Crippen LogP contribution in [0.25, 0.3) is 0 Å². The molecule has 0 saturated heterocycles. The standard InChI is InChI=1S/C12H13N3O2/c1-7-2-3-9(6-13)11(14-7)15-10(12(16)17)8-4-5-8/h2-3,8,10H,4-5H2,1H3,(H,14,15)(H,16,17). The fourth-order valence-corrected chi connectivity index (χ4v) is 1.72. The molecule has 1 fully saturated rings. The molecule has 1 atom stereocenters. The number of anilines is 1. The Balaban J connectivity index is 2.24. The van der Waals surface area contributed by atoms with Gasteiger partial charge in [0.05, 0.1) is 5.56 Å². The first-order chi connectivity index (χ1) is 8.11. The largest absolute Gasteiger partial charge is 0.480 e. The van der Waals surface area contributed by atoms with E-state index in [0.717, 1.165) is 18.5 Å². The van der Waals surface area contributed by atoms with E-state index < -0.39 is 12.0 Å². The summed E-state index contributed by atoms with van der Waals surface area (Å²) in [6, 6.07) is 4.75. The molecule has 17 heavy (non-hydrogen) atoms. The van der Waals surface area contributed by atoms with E-state index in [4.69, 9.17) is 10.4 Å². The van der Waals surface area contributed by atoms with Crippen LogP contribution in [-0.4, -0.2) is 22.1 Å². The first-order valence-corrected chi connectivity index (χ1v) is 5.49. The minimum absolute atomic E-state index is 0.154. The topological polar surface area (TPSA) is 86.0 Å². The molecule has 88 valence electrons. The molecule has 5 heteroatoms. The van der Waals surface area contributed by atoms with E-state index in [1.165, 1.54) is 0 Å². The van der Waals surface area contributed by atoms with Gasteiger partial charge in [-0.1, -0.05) is 0 Å². The quantitative estimate of drug-likeness (QED) is 0.820. The van der Waals surface area contributed by atoms with Crippen LogP contribution in [0, 0.1) is 24.2 Å². The number of carboxylic acid groups (broad SMARTS) is 1. The van der Waals surface area contributed by atoms with Crippen LogP contribution in [-0.2, 0) is 4.79 Å². The van der Waals surface area contributed by atoms with Gasteiger partial charge in [-0.3, -0.25) is 0 Å². The zero-order valence-corrected chi connectivity index (χ0v) is 9.47. The smallest absolute Gasteiger partial charge is 0.326 e. The zero-order valence-electron chi connectivity index (χ0n) is 9.47. The van der Waals surface area contributed by atoms with Gasteiger partial charge in [0, 0.05) is 5.69 Å². The molecule has 0 spiro atoms. The Kier molecular flexibility index (Phi) is 2.96. The van der Waals surface area contributed by atoms with E-state index in [1.54, 1.807) is 19.1 Å². The minimum atomic E-state index is -0.889. The van der Waals surface area contributed by atoms with Crippen LogP contribution in [0.1, 0.15) is 24.1 Å². The highest BCUT2D eigenvalue weighted by atomic mass is 16.4. The van der Waals surface area contributed by atoms with Crippen molar-refractivity contribution in [2.75, 3.05) is 5.32 Å². The molecular formula is C12H13N3O2. The first kappa shape index (κ1) is 11.4. The van der Waals surface area contributed by atoms with Gasteiger partial charge >= 0.3 is 5.97 Å². The number of aromatic nitrogens is 1. The Bertz CT molecular complexity index is 489. The van der Waals surface area contributed by atoms with E-state index in [2.05, 4.69) is 10.3 Å². The summed E-state index contributed by atoms with van der Waals surface area (Å²) in [5.74, 6) is -0.368. The van der Waals surface area contributed by atoms with Gasteiger partial charge in [0.2, 0.25) is 0 Å². The lowest BCUT2D eigenvalue weighted by Crippen LogP contribution is -2.32. The molecule has 0 radical (unpaired) electrons. The molecule has 1 saturated carbocycles. The van der Waals surface area contributed by atoms with Gasteiger partial charge < -0.3 is 10.4 Å². The Hall–Kier alpha value is -2.09. The maximum atomic E-state index is 11.1. The highest BCUT2D eigenvalue weighted by Gasteiger charge is 2.36. The number of nitriles is 1. The molecule has 2 N–H and O–H groups in total. The Morgan fingerprint density at radius 1 is 1.65 bits per heavy atom. The molecule has 5 nitrogen and oxygen atoms in total. The highest BCUT2D eigenvalue weighted by Crippen LogP contribution is 2.34. The number of aryl methyl sites for hydroxylation is 1. The van der Waals surface area contributed by atoms with Crippen LogP contribution in [0.3, 0.4) is 0 Å². The zero-order chi connectivity index (χ0) is 12.4. The summed E-state index contributed by atoms with van der Waals surface area (Å²) in [5, 5.41) is 20.9. The lowest BCUT2D eigenvalue weighted by Gasteiger charge is -2.15. The van der Waals surface area contributed by atoms with Gasteiger partial charge in [-0.2, -0.15) is 5.26 Å². The lowest BCUT2D eigenvalue weighted by atomic mass is 10.1. The molecule has 0 aromatic carbocycles. The Morgan fingerprint density at radius 3 is 2.88 bits per heavy atom. The second-order valence-corrected chi connectivity index (χ2v) is 4.26. The minimum Gasteiger partial charge on any atom is -0.480 e. The summed E-state index contributed by atoms with van der Waals surface area (Å²) < 4.78 is 0. The van der Waals surface area contributed by atoms with Crippen molar-refractivity contribution in [2.45, 2.75) is 25.8 Å². The normalized spacial score (nSPS) is 16.0. The van der Waals surface area contributed by atoms with Crippen LogP contribution in [0.5, 0.6) is 0 Å². The molecule has 1 aromatic heterocycles. The number of nitrogens with one attached hydrogen (secondary N) is 1. The van der Waals surface area contributed by atoms with Crippen molar-refractivity contribution in [3.63, 3.8) is 0 Å². The van der Waals surface area contributed by atoms with Gasteiger partial charge in [-0.25, -0.2) is 9.78 Å². The maximum absolute atomic E-state index is 11.1. The number of aliphatic carboxylic acids is 1. The number of hydrogen-bond donors (Lipinski definition) is 2. The van der Waals surface area contributed by atoms with Crippen molar-refractivity contribution < 1.29 is 9.90 Å². The number of rotatable bonds is 4. The number of hydrogen-bond acceptors (Lipinski definition) is 4. The van der Waals surface area contributed by atoms with Gasteiger partial charge in [-0.05, 0) is 37.8 Å². The molecule has 0 amide bonds. The highest BCUT2D eigenvalue weighted by molar-refractivity contribution is 5.78. The van der Waals surface area contributed by atoms with E-state index in [-0.39, 0.29) is 5.92 Å². The summed E-state index contributed by atoms with van der Waals surface area (Å²) in [6.07, 6.45) is 1.83. The third kappa shape index (κ3) is 2.53.